The standard InChI is InChI=1S/C12H16FNO3S/c1-8-5-10(13)6-9(2)11(8)18(16,17)14-12(7-15)3-4-12/h5-6,14-15H,3-4,7H2,1-2H3. The number of halogens is 1. The molecular weight excluding hydrogens is 257 g/mol. The van der Waals surface area contributed by atoms with E-state index in [1.807, 2.05) is 0 Å². The highest BCUT2D eigenvalue weighted by atomic mass is 32.2. The summed E-state index contributed by atoms with van der Waals surface area (Å²) in [6.45, 7) is 2.90. The molecule has 1 aliphatic rings. The lowest BCUT2D eigenvalue weighted by atomic mass is 10.1. The Morgan fingerprint density at radius 2 is 1.83 bits per heavy atom. The third kappa shape index (κ3) is 2.41. The van der Waals surface area contributed by atoms with E-state index in [1.165, 1.54) is 12.1 Å². The van der Waals surface area contributed by atoms with Crippen LogP contribution in [0.15, 0.2) is 17.0 Å². The molecule has 4 nitrogen and oxygen atoms in total. The van der Waals surface area contributed by atoms with Gasteiger partial charge in [-0.05, 0) is 49.9 Å². The SMILES string of the molecule is Cc1cc(F)cc(C)c1S(=O)(=O)NC1(CO)CC1. The molecule has 0 aliphatic heterocycles. The number of rotatable bonds is 4. The molecule has 0 spiro atoms. The normalized spacial score (nSPS) is 17.8. The molecule has 1 aliphatic carbocycles. The predicted octanol–water partition coefficient (Wildman–Crippen LogP) is 1.25. The fourth-order valence-electron chi connectivity index (χ4n) is 2.10. The Balaban J connectivity index is 2.42. The van der Waals surface area contributed by atoms with Gasteiger partial charge in [0.2, 0.25) is 10.0 Å². The van der Waals surface area contributed by atoms with Gasteiger partial charge in [0.25, 0.3) is 0 Å². The van der Waals surface area contributed by atoms with Crippen molar-refractivity contribution in [3.63, 3.8) is 0 Å². The summed E-state index contributed by atoms with van der Waals surface area (Å²) in [4.78, 5) is 0.101. The van der Waals surface area contributed by atoms with E-state index >= 15 is 0 Å². The molecule has 2 N–H and O–H groups in total. The van der Waals surface area contributed by atoms with E-state index in [0.717, 1.165) is 0 Å². The predicted molar refractivity (Wildman–Crippen MR) is 65.2 cm³/mol. The van der Waals surface area contributed by atoms with E-state index in [1.54, 1.807) is 13.8 Å². The maximum atomic E-state index is 13.2. The van der Waals surface area contributed by atoms with E-state index in [2.05, 4.69) is 4.72 Å². The molecule has 0 aromatic heterocycles. The van der Waals surface area contributed by atoms with Crippen LogP contribution in [-0.2, 0) is 10.0 Å². The largest absolute Gasteiger partial charge is 0.394 e. The average molecular weight is 273 g/mol. The lowest BCUT2D eigenvalue weighted by Gasteiger charge is -2.17. The van der Waals surface area contributed by atoms with Gasteiger partial charge in [-0.25, -0.2) is 17.5 Å². The van der Waals surface area contributed by atoms with Crippen LogP contribution in [-0.4, -0.2) is 25.7 Å². The zero-order valence-electron chi connectivity index (χ0n) is 10.3. The highest BCUT2D eigenvalue weighted by Gasteiger charge is 2.46. The van der Waals surface area contributed by atoms with Crippen molar-refractivity contribution >= 4 is 10.0 Å². The van der Waals surface area contributed by atoms with Crippen molar-refractivity contribution in [3.05, 3.63) is 29.1 Å². The molecule has 1 aromatic carbocycles. The molecule has 6 heteroatoms. The number of aliphatic hydroxyl groups is 1. The third-order valence-electron chi connectivity index (χ3n) is 3.20. The van der Waals surface area contributed by atoms with E-state index in [4.69, 9.17) is 5.11 Å². The number of sulfonamides is 1. The molecule has 0 saturated heterocycles. The Morgan fingerprint density at radius 1 is 1.33 bits per heavy atom. The molecule has 0 heterocycles. The summed E-state index contributed by atoms with van der Waals surface area (Å²) in [5, 5.41) is 9.16. The van der Waals surface area contributed by atoms with Gasteiger partial charge < -0.3 is 5.11 Å². The topological polar surface area (TPSA) is 66.4 Å². The smallest absolute Gasteiger partial charge is 0.241 e. The van der Waals surface area contributed by atoms with Crippen LogP contribution in [0.1, 0.15) is 24.0 Å². The Labute approximate surface area is 106 Å². The van der Waals surface area contributed by atoms with Crippen LogP contribution >= 0.6 is 0 Å². The molecule has 0 unspecified atom stereocenters. The van der Waals surface area contributed by atoms with E-state index in [9.17, 15) is 12.8 Å². The second-order valence-corrected chi connectivity index (χ2v) is 6.53. The Bertz CT molecular complexity index is 556. The summed E-state index contributed by atoms with van der Waals surface area (Å²) >= 11 is 0. The molecule has 18 heavy (non-hydrogen) atoms. The minimum absolute atomic E-state index is 0.101. The van der Waals surface area contributed by atoms with Crippen LogP contribution in [0.4, 0.5) is 4.39 Å². The molecule has 1 fully saturated rings. The lowest BCUT2D eigenvalue weighted by Crippen LogP contribution is -2.40. The minimum atomic E-state index is -3.72. The van der Waals surface area contributed by atoms with Crippen molar-refractivity contribution in [2.75, 3.05) is 6.61 Å². The molecule has 0 radical (unpaired) electrons. The van der Waals surface area contributed by atoms with Crippen molar-refractivity contribution in [2.24, 2.45) is 0 Å². The Kier molecular flexibility index (Phi) is 3.21. The van der Waals surface area contributed by atoms with Crippen LogP contribution in [0.2, 0.25) is 0 Å². The van der Waals surface area contributed by atoms with Gasteiger partial charge in [0.15, 0.2) is 0 Å². The number of hydrogen-bond acceptors (Lipinski definition) is 3. The van der Waals surface area contributed by atoms with Crippen LogP contribution in [0.25, 0.3) is 0 Å². The van der Waals surface area contributed by atoms with E-state index in [0.29, 0.717) is 24.0 Å². The molecule has 0 amide bonds. The van der Waals surface area contributed by atoms with Crippen molar-refractivity contribution < 1.29 is 17.9 Å². The van der Waals surface area contributed by atoms with Gasteiger partial charge in [0, 0.05) is 0 Å². The van der Waals surface area contributed by atoms with Crippen molar-refractivity contribution in [1.29, 1.82) is 0 Å². The fourth-order valence-corrected chi connectivity index (χ4v) is 4.01. The van der Waals surface area contributed by atoms with Gasteiger partial charge in [-0.15, -0.1) is 0 Å². The second kappa shape index (κ2) is 4.29. The zero-order valence-corrected chi connectivity index (χ0v) is 11.1. The monoisotopic (exact) mass is 273 g/mol. The highest BCUT2D eigenvalue weighted by Crippen LogP contribution is 2.36. The third-order valence-corrected chi connectivity index (χ3v) is 5.08. The first-order valence-electron chi connectivity index (χ1n) is 5.71. The fraction of sp³-hybridized carbons (Fsp3) is 0.500. The molecule has 1 aromatic rings. The van der Waals surface area contributed by atoms with Gasteiger partial charge in [-0.1, -0.05) is 0 Å². The highest BCUT2D eigenvalue weighted by molar-refractivity contribution is 7.89. The number of aryl methyl sites for hydroxylation is 2. The maximum absolute atomic E-state index is 13.2. The lowest BCUT2D eigenvalue weighted by molar-refractivity contribution is 0.246. The Morgan fingerprint density at radius 3 is 2.22 bits per heavy atom. The van der Waals surface area contributed by atoms with Crippen molar-refractivity contribution in [2.45, 2.75) is 37.1 Å². The van der Waals surface area contributed by atoms with Gasteiger partial charge >= 0.3 is 0 Å². The zero-order chi connectivity index (χ0) is 13.6. The molecule has 0 atom stereocenters. The van der Waals surface area contributed by atoms with Crippen molar-refractivity contribution in [3.8, 4) is 0 Å². The molecule has 1 saturated carbocycles. The van der Waals surface area contributed by atoms with Gasteiger partial charge in [-0.3, -0.25) is 0 Å². The van der Waals surface area contributed by atoms with E-state index < -0.39 is 21.4 Å². The Hall–Kier alpha value is -0.980. The summed E-state index contributed by atoms with van der Waals surface area (Å²) in [5.41, 5.74) is 0.0222. The van der Waals surface area contributed by atoms with E-state index in [-0.39, 0.29) is 11.5 Å². The number of nitrogens with one attached hydrogen (secondary N) is 1. The van der Waals surface area contributed by atoms with Gasteiger partial charge in [-0.2, -0.15) is 0 Å². The first-order valence-corrected chi connectivity index (χ1v) is 7.20. The van der Waals surface area contributed by atoms with Crippen LogP contribution < -0.4 is 4.72 Å². The molecule has 100 valence electrons. The number of hydrogen-bond donors (Lipinski definition) is 2. The first kappa shape index (κ1) is 13.5. The quantitative estimate of drug-likeness (QED) is 0.867. The number of aliphatic hydroxyl groups excluding tert-OH is 1. The summed E-state index contributed by atoms with van der Waals surface area (Å²) in [5.74, 6) is -0.452. The van der Waals surface area contributed by atoms with Crippen LogP contribution in [0.5, 0.6) is 0 Å². The van der Waals surface area contributed by atoms with Crippen molar-refractivity contribution in [1.82, 2.24) is 4.72 Å². The minimum Gasteiger partial charge on any atom is -0.394 e. The molecule has 0 bridgehead atoms. The summed E-state index contributed by atoms with van der Waals surface area (Å²) < 4.78 is 40.2. The summed E-state index contributed by atoms with van der Waals surface area (Å²) in [6.07, 6.45) is 1.25. The van der Waals surface area contributed by atoms with Crippen LogP contribution in [0.3, 0.4) is 0 Å². The van der Waals surface area contributed by atoms with Crippen LogP contribution in [0, 0.1) is 19.7 Å². The average Bonchev–Trinajstić information content (AvgIpc) is 2.95. The number of benzene rings is 1. The molecule has 2 rings (SSSR count). The van der Waals surface area contributed by atoms with Gasteiger partial charge in [0.05, 0.1) is 17.0 Å². The maximum Gasteiger partial charge on any atom is 0.241 e. The summed E-state index contributed by atoms with van der Waals surface area (Å²) in [7, 11) is -3.72. The summed E-state index contributed by atoms with van der Waals surface area (Å²) in [6, 6.07) is 2.39. The van der Waals surface area contributed by atoms with Gasteiger partial charge in [0.1, 0.15) is 5.82 Å². The first-order chi connectivity index (χ1) is 8.30. The second-order valence-electron chi connectivity index (χ2n) is 4.91. The molecular formula is C12H16FNO3S.